The number of hydrogen-bond acceptors (Lipinski definition) is 4. The maximum absolute atomic E-state index is 12.2. The van der Waals surface area contributed by atoms with Crippen molar-refractivity contribution < 1.29 is 5.11 Å². The van der Waals surface area contributed by atoms with Gasteiger partial charge in [0.2, 0.25) is 0 Å². The number of H-pyrrole nitrogens is 1. The molecule has 134 valence electrons. The first-order valence-electron chi connectivity index (χ1n) is 8.13. The van der Waals surface area contributed by atoms with Gasteiger partial charge in [-0.1, -0.05) is 24.3 Å². The number of aromatic nitrogens is 1. The highest BCUT2D eigenvalue weighted by Gasteiger charge is 2.15. The van der Waals surface area contributed by atoms with Gasteiger partial charge in [0.05, 0.1) is 0 Å². The Balaban J connectivity index is 0.00000196. The van der Waals surface area contributed by atoms with Crippen molar-refractivity contribution in [1.29, 1.82) is 0 Å². The molecular weight excluding hydrogens is 368 g/mol. The van der Waals surface area contributed by atoms with E-state index in [1.165, 1.54) is 16.9 Å². The van der Waals surface area contributed by atoms with Crippen LogP contribution in [0.2, 0.25) is 0 Å². The lowest BCUT2D eigenvalue weighted by Gasteiger charge is -2.13. The molecule has 0 radical (unpaired) electrons. The minimum atomic E-state index is -0.0904. The molecule has 2 aromatic carbocycles. The quantitative estimate of drug-likeness (QED) is 0.473. The largest absolute Gasteiger partial charge is 0.507 e. The maximum atomic E-state index is 12.2. The molecule has 2 heterocycles. The lowest BCUT2D eigenvalue weighted by Crippen LogP contribution is -2.11. The predicted octanol–water partition coefficient (Wildman–Crippen LogP) is 4.82. The van der Waals surface area contributed by atoms with Gasteiger partial charge >= 0.3 is 0 Å². The average molecular weight is 387 g/mol. The molecule has 1 atom stereocenters. The van der Waals surface area contributed by atoms with Crippen LogP contribution in [0.1, 0.15) is 18.5 Å². The number of pyridine rings is 1. The molecule has 2 aromatic heterocycles. The minimum absolute atomic E-state index is 0. The summed E-state index contributed by atoms with van der Waals surface area (Å²) in [4.78, 5) is 15.2. The Morgan fingerprint density at radius 1 is 1.12 bits per heavy atom. The molecule has 3 N–H and O–H groups in total. The number of hydrogen-bond donors (Lipinski definition) is 3. The average Bonchev–Trinajstić information content (AvgIpc) is 3.12. The molecule has 0 spiro atoms. The Hall–Kier alpha value is -2.34. The second-order valence-electron chi connectivity index (χ2n) is 6.13. The van der Waals surface area contributed by atoms with Crippen LogP contribution >= 0.6 is 23.7 Å². The van der Waals surface area contributed by atoms with E-state index < -0.39 is 0 Å². The van der Waals surface area contributed by atoms with Crippen molar-refractivity contribution in [2.45, 2.75) is 13.0 Å². The van der Waals surface area contributed by atoms with E-state index in [2.05, 4.69) is 29.4 Å². The number of aromatic hydroxyl groups is 1. The molecule has 26 heavy (non-hydrogen) atoms. The molecule has 0 bridgehead atoms. The number of nitrogens with one attached hydrogen (secondary N) is 2. The van der Waals surface area contributed by atoms with Crippen LogP contribution in [-0.4, -0.2) is 17.1 Å². The van der Waals surface area contributed by atoms with Crippen LogP contribution in [0.25, 0.3) is 32.1 Å². The topological polar surface area (TPSA) is 65.1 Å². The van der Waals surface area contributed by atoms with Gasteiger partial charge < -0.3 is 15.4 Å². The Kier molecular flexibility index (Phi) is 5.05. The first-order valence-corrected chi connectivity index (χ1v) is 9.01. The lowest BCUT2D eigenvalue weighted by atomic mass is 9.96. The van der Waals surface area contributed by atoms with E-state index in [0.29, 0.717) is 4.70 Å². The van der Waals surface area contributed by atoms with E-state index in [9.17, 15) is 9.90 Å². The van der Waals surface area contributed by atoms with Gasteiger partial charge in [-0.3, -0.25) is 4.79 Å². The first-order chi connectivity index (χ1) is 12.1. The molecular formula is C20H19ClN2O2S. The van der Waals surface area contributed by atoms with Crippen LogP contribution in [0.3, 0.4) is 0 Å². The van der Waals surface area contributed by atoms with Crippen LogP contribution in [0.5, 0.6) is 5.75 Å². The summed E-state index contributed by atoms with van der Waals surface area (Å²) in [5.41, 5.74) is 3.50. The molecule has 0 aliphatic heterocycles. The van der Waals surface area contributed by atoms with Crippen molar-refractivity contribution >= 4 is 44.7 Å². The van der Waals surface area contributed by atoms with Crippen LogP contribution in [-0.2, 0) is 0 Å². The van der Waals surface area contributed by atoms with Crippen LogP contribution in [0, 0.1) is 0 Å². The van der Waals surface area contributed by atoms with Gasteiger partial charge in [-0.15, -0.1) is 23.7 Å². The Morgan fingerprint density at radius 2 is 1.85 bits per heavy atom. The normalized spacial score (nSPS) is 12.2. The molecule has 0 fully saturated rings. The summed E-state index contributed by atoms with van der Waals surface area (Å²) >= 11 is 1.41. The zero-order valence-electron chi connectivity index (χ0n) is 14.4. The number of phenols is 1. The second-order valence-corrected chi connectivity index (χ2v) is 7.05. The molecule has 0 saturated carbocycles. The summed E-state index contributed by atoms with van der Waals surface area (Å²) in [6.45, 7) is 2.10. The third-order valence-corrected chi connectivity index (χ3v) is 5.62. The Morgan fingerprint density at radius 3 is 2.54 bits per heavy atom. The van der Waals surface area contributed by atoms with Crippen molar-refractivity contribution in [2.24, 2.45) is 0 Å². The van der Waals surface area contributed by atoms with Crippen molar-refractivity contribution in [3.05, 3.63) is 63.8 Å². The van der Waals surface area contributed by atoms with Crippen LogP contribution in [0.4, 0.5) is 0 Å². The number of fused-ring (bicyclic) bond motifs is 3. The summed E-state index contributed by atoms with van der Waals surface area (Å²) < 4.78 is 0.680. The highest BCUT2D eigenvalue weighted by atomic mass is 35.5. The molecule has 0 saturated heterocycles. The number of aromatic amines is 1. The molecule has 0 unspecified atom stereocenters. The van der Waals surface area contributed by atoms with Crippen LogP contribution in [0.15, 0.2) is 52.6 Å². The summed E-state index contributed by atoms with van der Waals surface area (Å²) in [5.74, 6) is 0.210. The summed E-state index contributed by atoms with van der Waals surface area (Å²) in [7, 11) is 1.93. The summed E-state index contributed by atoms with van der Waals surface area (Å²) in [6.07, 6.45) is 0. The van der Waals surface area contributed by atoms with Gasteiger partial charge in [0.15, 0.2) is 0 Å². The highest BCUT2D eigenvalue weighted by Crippen LogP contribution is 2.39. The van der Waals surface area contributed by atoms with Crippen molar-refractivity contribution in [3.8, 4) is 16.9 Å². The minimum Gasteiger partial charge on any atom is -0.507 e. The number of thiophene rings is 1. The predicted molar refractivity (Wildman–Crippen MR) is 112 cm³/mol. The molecule has 0 aliphatic rings. The third kappa shape index (κ3) is 2.88. The fourth-order valence-corrected chi connectivity index (χ4v) is 4.03. The molecule has 4 rings (SSSR count). The van der Waals surface area contributed by atoms with Gasteiger partial charge in [-0.25, -0.2) is 0 Å². The smallest absolute Gasteiger partial charge is 0.266 e. The maximum Gasteiger partial charge on any atom is 0.266 e. The zero-order chi connectivity index (χ0) is 17.6. The van der Waals surface area contributed by atoms with Crippen molar-refractivity contribution in [1.82, 2.24) is 10.3 Å². The van der Waals surface area contributed by atoms with Gasteiger partial charge in [-0.05, 0) is 48.7 Å². The van der Waals surface area contributed by atoms with E-state index in [4.69, 9.17) is 0 Å². The second kappa shape index (κ2) is 7.11. The molecule has 6 heteroatoms. The zero-order valence-corrected chi connectivity index (χ0v) is 16.0. The van der Waals surface area contributed by atoms with E-state index >= 15 is 0 Å². The molecule has 4 nitrogen and oxygen atoms in total. The molecule has 0 amide bonds. The number of phenolic OH excluding ortho intramolecular Hbond substituents is 1. The summed E-state index contributed by atoms with van der Waals surface area (Å²) in [6, 6.07) is 13.7. The van der Waals surface area contributed by atoms with Gasteiger partial charge in [0.1, 0.15) is 10.4 Å². The molecule has 4 aromatic rings. The fourth-order valence-electron chi connectivity index (χ4n) is 3.23. The highest BCUT2D eigenvalue weighted by molar-refractivity contribution is 7.17. The van der Waals surface area contributed by atoms with Crippen LogP contribution < -0.4 is 10.9 Å². The summed E-state index contributed by atoms with van der Waals surface area (Å²) in [5, 5.41) is 17.4. The Bertz CT molecular complexity index is 1130. The van der Waals surface area contributed by atoms with Gasteiger partial charge in [-0.2, -0.15) is 0 Å². The monoisotopic (exact) mass is 386 g/mol. The van der Waals surface area contributed by atoms with E-state index in [0.717, 1.165) is 27.4 Å². The lowest BCUT2D eigenvalue weighted by molar-refractivity contribution is 0.478. The number of halogens is 1. The molecule has 0 aliphatic carbocycles. The van der Waals surface area contributed by atoms with E-state index in [-0.39, 0.29) is 29.8 Å². The standard InChI is InChI=1S/C20H18N2O2S.ClH/c1-11(21-2)12-3-5-13(6-4-12)17-16(23)8-7-15-18(17)14-9-10-25-19(14)20(24)22-15;/h3-11,21,23H,1-2H3,(H,22,24);1H/t11-;/m1./s1. The van der Waals surface area contributed by atoms with Crippen molar-refractivity contribution in [2.75, 3.05) is 7.05 Å². The van der Waals surface area contributed by atoms with Gasteiger partial charge in [0, 0.05) is 27.9 Å². The Labute approximate surface area is 160 Å². The fraction of sp³-hybridized carbons (Fsp3) is 0.150. The SMILES string of the molecule is CN[C@H](C)c1ccc(-c2c(O)ccc3[nH]c(=O)c4sccc4c23)cc1.Cl. The van der Waals surface area contributed by atoms with Gasteiger partial charge in [0.25, 0.3) is 5.56 Å². The third-order valence-electron chi connectivity index (χ3n) is 4.70. The van der Waals surface area contributed by atoms with Crippen molar-refractivity contribution in [3.63, 3.8) is 0 Å². The number of benzene rings is 2. The van der Waals surface area contributed by atoms with E-state index in [1.807, 2.05) is 30.6 Å². The first kappa shape index (κ1) is 18.5. The van der Waals surface area contributed by atoms with E-state index in [1.54, 1.807) is 12.1 Å². The number of rotatable bonds is 3.